The van der Waals surface area contributed by atoms with Gasteiger partial charge in [0.2, 0.25) is 0 Å². The van der Waals surface area contributed by atoms with E-state index in [4.69, 9.17) is 68.6 Å². The number of sulfonamides is 1. The molecule has 4 aliphatic heterocycles. The number of hydrogen-bond donors (Lipinski definition) is 3. The van der Waals surface area contributed by atoms with Crippen molar-refractivity contribution in [2.75, 3.05) is 30.9 Å². The second kappa shape index (κ2) is 41.5. The molecule has 0 atom stereocenters. The summed E-state index contributed by atoms with van der Waals surface area (Å²) in [4.78, 5) is 134. The van der Waals surface area contributed by atoms with E-state index in [0.717, 1.165) is 89.6 Å². The van der Waals surface area contributed by atoms with Gasteiger partial charge in [0.25, 0.3) is 65.9 Å². The summed E-state index contributed by atoms with van der Waals surface area (Å²) in [5.74, 6) is -9.27. The molecule has 4 aliphatic rings. The number of benzene rings is 6. The number of halogens is 9. The van der Waals surface area contributed by atoms with Crippen molar-refractivity contribution in [2.24, 2.45) is 0 Å². The van der Waals surface area contributed by atoms with Crippen molar-refractivity contribution < 1.29 is 124 Å². The van der Waals surface area contributed by atoms with Gasteiger partial charge in [0.1, 0.15) is 34.4 Å². The van der Waals surface area contributed by atoms with E-state index in [1.54, 1.807) is 31.2 Å². The molecule has 6 aromatic carbocycles. The first kappa shape index (κ1) is 102. The van der Waals surface area contributed by atoms with E-state index < -0.39 is 117 Å². The fourth-order valence-electron chi connectivity index (χ4n) is 10.7. The summed E-state index contributed by atoms with van der Waals surface area (Å²) >= 11 is 23.6. The molecule has 0 aliphatic carbocycles. The van der Waals surface area contributed by atoms with Crippen LogP contribution in [-0.4, -0.2) is 94.0 Å². The van der Waals surface area contributed by atoms with Crippen molar-refractivity contribution in [3.8, 4) is 0 Å². The third-order valence-electron chi connectivity index (χ3n) is 15.9. The number of nitrogens with two attached hydrogens (primary N) is 2. The molecule has 42 heteroatoms. The number of ether oxygens (including phenoxy) is 1. The second-order valence-corrected chi connectivity index (χ2v) is 31.4. The molecule has 0 saturated carbocycles. The number of nitro groups is 2. The largest absolute Gasteiger partial charge is 0.398 e. The van der Waals surface area contributed by atoms with E-state index in [-0.39, 0.29) is 167 Å². The summed E-state index contributed by atoms with van der Waals surface area (Å²) in [5.41, 5.74) is 10.3. The number of nitro benzene ring substituents is 2. The van der Waals surface area contributed by atoms with E-state index >= 15 is 0 Å². The summed E-state index contributed by atoms with van der Waals surface area (Å²) in [6, 6.07) is 27.1. The molecule has 29 nitrogen and oxygen atoms in total. The van der Waals surface area contributed by atoms with Crippen LogP contribution in [-0.2, 0) is 71.8 Å². The fraction of sp³-hybridized carbons (Fsp3) is 0.156. The van der Waals surface area contributed by atoms with Gasteiger partial charge in [-0.3, -0.25) is 73.7 Å². The maximum absolute atomic E-state index is 13.6. The van der Waals surface area contributed by atoms with Gasteiger partial charge in [-0.05, 0) is 88.7 Å². The number of nitrogens with one attached hydrogen (secondary N) is 1. The first-order valence-electron chi connectivity index (χ1n) is 32.2. The van der Waals surface area contributed by atoms with Crippen LogP contribution in [0.1, 0.15) is 165 Å². The van der Waals surface area contributed by atoms with Crippen molar-refractivity contribution in [2.45, 2.75) is 91.4 Å². The van der Waals surface area contributed by atoms with E-state index in [2.05, 4.69) is 57.1 Å². The van der Waals surface area contributed by atoms with Crippen LogP contribution in [0.25, 0.3) is 0 Å². The van der Waals surface area contributed by atoms with Crippen molar-refractivity contribution in [3.63, 3.8) is 0 Å². The number of cyclic esters (lactones) is 2. The predicted octanol–water partition coefficient (Wildman–Crippen LogP) is 17.6. The van der Waals surface area contributed by atoms with E-state index in [1.165, 1.54) is 73.1 Å². The van der Waals surface area contributed by atoms with Crippen LogP contribution < -0.4 is 30.9 Å². The number of nitrogens with zero attached hydrogens (tertiary/aromatic N) is 9. The maximum atomic E-state index is 13.6. The Labute approximate surface area is 727 Å². The van der Waals surface area contributed by atoms with Crippen LogP contribution in [0.3, 0.4) is 0 Å². The number of carbonyl (C=O) groups is 8. The fourth-order valence-corrected chi connectivity index (χ4v) is 13.5. The molecule has 4 aromatic heterocycles. The number of imide groups is 3. The Hall–Kier alpha value is -11.1. The summed E-state index contributed by atoms with van der Waals surface area (Å²) < 4.78 is 107. The van der Waals surface area contributed by atoms with E-state index in [0.29, 0.717) is 15.5 Å². The number of esters is 2. The Kier molecular flexibility index (Phi) is 35.6. The average molecular weight is 1850 g/mol. The zero-order valence-electron chi connectivity index (χ0n) is 60.6. The number of carbonyl (C=O) groups excluding carboxylic acids is 8. The molecule has 14 rings (SSSR count). The second-order valence-electron chi connectivity index (χ2n) is 25.5. The number of anilines is 6. The number of fused-ring (bicyclic) bond motifs is 4. The van der Waals surface area contributed by atoms with Crippen LogP contribution in [0.2, 0.25) is 20.1 Å². The van der Waals surface area contributed by atoms with Crippen molar-refractivity contribution >= 4 is 169 Å². The van der Waals surface area contributed by atoms with Gasteiger partial charge in [-0.15, -0.1) is 0 Å². The molecule has 119 heavy (non-hydrogen) atoms. The standard InChI is InChI=1S/C23H19ClFN3O4S.C13H5ClFN3O4.C13H7ClFN3O2.C10H13ClO2S.C8H2ClNO5.C5H5FN2.C2H5.3CH4.2V/c1-23(2,3)13-4-6-16(7-5-13)33(31,32)27-18-9-8-17(24)19-20(18)22(30)28(21(19)29)15-10-14(25)11-26-12-15;14-8-1-2-9(18(21)22)11-10(8)12(19)17(13(11)20)7-3-6(15)4-16-5-7;14-8-1-2-9(16)11-10(8)12(19)18(13(11)20)7-3-6(15)4-17-5-7;1-10(2,3)8-4-6-9(7-5-8)14(11,12)13;9-3-1-2-4(10(13)14)6-5(3)7(11)15-8(6)12;6-4-1-5(7)3-8-2-4;1-2;;;;;/h4-12,27H,1-3H3;1-5H;1-5H,16H2;4-7H,1-3H3;1-2H;1-3H,7H2;1H2,2H3;3*1H4;;/q;;;;;;-1;;;;;. The predicted molar refractivity (Wildman–Crippen MR) is 433 cm³/mol. The number of hydrogen-bond acceptors (Lipinski definition) is 23. The van der Waals surface area contributed by atoms with Crippen LogP contribution in [0.15, 0.2) is 181 Å². The van der Waals surface area contributed by atoms with Crippen molar-refractivity contribution in [1.29, 1.82) is 0 Å². The van der Waals surface area contributed by atoms with Crippen LogP contribution >= 0.6 is 57.1 Å². The Bertz CT molecular complexity index is 5830. The number of amides is 6. The Balaban J connectivity index is 0.000000380. The van der Waals surface area contributed by atoms with Crippen molar-refractivity contribution in [1.82, 2.24) is 19.9 Å². The van der Waals surface area contributed by atoms with Gasteiger partial charge in [0.15, 0.2) is 5.56 Å². The number of pyridine rings is 4. The monoisotopic (exact) mass is 1850 g/mol. The summed E-state index contributed by atoms with van der Waals surface area (Å²) in [7, 11) is -2.48. The summed E-state index contributed by atoms with van der Waals surface area (Å²) in [5, 5.41) is 21.6. The molecule has 6 amide bonds. The van der Waals surface area contributed by atoms with Crippen molar-refractivity contribution in [3.05, 3.63) is 297 Å². The molecule has 8 heterocycles. The SMILES string of the molecule is C.C.C.CC(C)(C)c1ccc(S(=O)(=O)Cl)cc1.CC(C)(C)c1ccc(S(=O)(=O)Nc2ccc(Cl)c3c2C(=O)N(c2cncc(F)c2)C3=O)cc1.Nc1ccc(Cl)c2c1C(=O)N(c1cncc(F)c1)C2=O.Nc1cncc(F)c1.O=C1OC(=O)c2c([N+](=O)[O-])ccc(Cl)c21.O=C1c2c(Cl)ccc([N+](=O)[O-])c2C(=O)N1c1cncc(F)c1.[CH2-]C.[V].[V]. The minimum atomic E-state index is -4.09. The van der Waals surface area contributed by atoms with Crippen LogP contribution in [0.5, 0.6) is 0 Å². The van der Waals surface area contributed by atoms with Gasteiger partial charge < -0.3 is 23.1 Å². The molecule has 0 unspecified atom stereocenters. The zero-order chi connectivity index (χ0) is 84.7. The van der Waals surface area contributed by atoms with E-state index in [9.17, 15) is 93.0 Å². The minimum absolute atomic E-state index is 0. The molecule has 0 saturated heterocycles. The van der Waals surface area contributed by atoms with Gasteiger partial charge in [-0.1, -0.05) is 134 Å². The smallest absolute Gasteiger partial charge is 0.354 e. The molecular weight excluding hydrogens is 1780 g/mol. The first-order valence-corrected chi connectivity index (χ1v) is 37.5. The first-order chi connectivity index (χ1) is 53.3. The molecule has 0 fully saturated rings. The van der Waals surface area contributed by atoms with Gasteiger partial charge >= 0.3 is 11.9 Å². The van der Waals surface area contributed by atoms with Gasteiger partial charge in [-0.25, -0.2) is 58.7 Å². The van der Waals surface area contributed by atoms with Gasteiger partial charge in [0.05, 0.1) is 139 Å². The maximum Gasteiger partial charge on any atom is 0.354 e. The number of rotatable bonds is 9. The molecule has 0 spiro atoms. The molecular formula is C77H68Cl5F4N12O17S2V2-. The number of aromatic nitrogens is 4. The third kappa shape index (κ3) is 23.1. The Morgan fingerprint density at radius 1 is 0.429 bits per heavy atom. The summed E-state index contributed by atoms with van der Waals surface area (Å²) in [6.45, 7) is 17.2. The zero-order valence-corrected chi connectivity index (χ0v) is 68.8. The quantitative estimate of drug-likeness (QED) is 0.0139. The topological polar surface area (TPSA) is 426 Å². The van der Waals surface area contributed by atoms with Crippen LogP contribution in [0, 0.1) is 50.4 Å². The number of nitrogen functional groups attached to an aromatic ring is 2. The normalized spacial score (nSPS) is 12.6. The third-order valence-corrected chi connectivity index (χ3v) is 20.0. The van der Waals surface area contributed by atoms with Gasteiger partial charge in [-0.2, -0.15) is 6.92 Å². The Morgan fingerprint density at radius 3 is 1.09 bits per heavy atom. The molecule has 2 radical (unpaired) electrons. The molecule has 10 aromatic rings. The molecule has 624 valence electrons. The molecule has 0 bridgehead atoms. The summed E-state index contributed by atoms with van der Waals surface area (Å²) in [6.07, 6.45) is 8.78. The Morgan fingerprint density at radius 2 is 0.739 bits per heavy atom. The average Bonchev–Trinajstić information content (AvgIpc) is 1.62. The molecule has 5 N–H and O–H groups in total. The van der Waals surface area contributed by atoms with E-state index in [1.807, 2.05) is 20.8 Å². The van der Waals surface area contributed by atoms with Gasteiger partial charge in [0, 0.05) is 90.0 Å². The van der Waals surface area contributed by atoms with Crippen LogP contribution in [0.4, 0.5) is 63.1 Å². The minimum Gasteiger partial charge on any atom is -0.398 e.